The Morgan fingerprint density at radius 2 is 1.91 bits per heavy atom. The molecule has 120 valence electrons. The molecule has 1 unspecified atom stereocenters. The van der Waals surface area contributed by atoms with Gasteiger partial charge in [-0.1, -0.05) is 6.07 Å². The summed E-state index contributed by atoms with van der Waals surface area (Å²) in [6.45, 7) is 3.62. The molecule has 3 atom stereocenters. The summed E-state index contributed by atoms with van der Waals surface area (Å²) in [4.78, 5) is 17.0. The van der Waals surface area contributed by atoms with Crippen LogP contribution >= 0.6 is 0 Å². The van der Waals surface area contributed by atoms with E-state index in [1.165, 1.54) is 25.0 Å². The summed E-state index contributed by atoms with van der Waals surface area (Å²) in [5.74, 6) is 1.15. The van der Waals surface area contributed by atoms with Crippen LogP contribution < -0.4 is 0 Å². The fourth-order valence-corrected chi connectivity index (χ4v) is 4.37. The van der Waals surface area contributed by atoms with Crippen molar-refractivity contribution in [2.24, 2.45) is 11.8 Å². The van der Waals surface area contributed by atoms with Gasteiger partial charge in [-0.15, -0.1) is 0 Å². The molecule has 1 aliphatic carbocycles. The third-order valence-electron chi connectivity index (χ3n) is 5.38. The van der Waals surface area contributed by atoms with Gasteiger partial charge >= 0.3 is 0 Å². The lowest BCUT2D eigenvalue weighted by atomic mass is 9.91. The summed E-state index contributed by atoms with van der Waals surface area (Å²) < 4.78 is 13.2. The molecule has 2 aliphatic rings. The van der Waals surface area contributed by atoms with E-state index in [4.69, 9.17) is 0 Å². The van der Waals surface area contributed by atoms with Crippen LogP contribution in [0.3, 0.4) is 0 Å². The summed E-state index contributed by atoms with van der Waals surface area (Å²) >= 11 is 0. The topological polar surface area (TPSA) is 23.6 Å². The van der Waals surface area contributed by atoms with Crippen molar-refractivity contribution in [3.05, 3.63) is 35.1 Å². The van der Waals surface area contributed by atoms with Crippen molar-refractivity contribution in [1.29, 1.82) is 0 Å². The Morgan fingerprint density at radius 1 is 1.27 bits per heavy atom. The highest BCUT2D eigenvalue weighted by molar-refractivity contribution is 5.79. The first-order valence-corrected chi connectivity index (χ1v) is 8.15. The van der Waals surface area contributed by atoms with Gasteiger partial charge in [-0.05, 0) is 69.0 Å². The Bertz CT molecular complexity index is 558. The lowest BCUT2D eigenvalue weighted by Gasteiger charge is -2.41. The number of amides is 1. The quantitative estimate of drug-likeness (QED) is 0.856. The normalized spacial score (nSPS) is 27.5. The second-order valence-corrected chi connectivity index (χ2v) is 7.10. The highest BCUT2D eigenvalue weighted by atomic mass is 19.1. The summed E-state index contributed by atoms with van der Waals surface area (Å²) in [6.07, 6.45) is 2.85. The summed E-state index contributed by atoms with van der Waals surface area (Å²) in [7, 11) is 4.30. The minimum atomic E-state index is -0.237. The Kier molecular flexibility index (Phi) is 4.22. The molecule has 1 aromatic carbocycles. The van der Waals surface area contributed by atoms with E-state index in [2.05, 4.69) is 19.0 Å². The van der Waals surface area contributed by atoms with Crippen LogP contribution in [0.4, 0.5) is 4.39 Å². The maximum Gasteiger partial charge on any atom is 0.227 e. The van der Waals surface area contributed by atoms with Crippen molar-refractivity contribution in [2.75, 3.05) is 27.2 Å². The number of halogens is 1. The third-order valence-corrected chi connectivity index (χ3v) is 5.38. The van der Waals surface area contributed by atoms with Gasteiger partial charge in [0.1, 0.15) is 5.82 Å². The highest BCUT2D eigenvalue weighted by Crippen LogP contribution is 2.39. The Hall–Kier alpha value is -1.42. The maximum absolute atomic E-state index is 13.2. The van der Waals surface area contributed by atoms with Gasteiger partial charge in [0.15, 0.2) is 0 Å². The number of hydrogen-bond donors (Lipinski definition) is 0. The number of rotatable bonds is 3. The predicted octanol–water partition coefficient (Wildman–Crippen LogP) is 2.48. The van der Waals surface area contributed by atoms with Crippen LogP contribution in [0.1, 0.15) is 24.0 Å². The lowest BCUT2D eigenvalue weighted by Crippen LogP contribution is -2.52. The Morgan fingerprint density at radius 3 is 2.45 bits per heavy atom. The van der Waals surface area contributed by atoms with Crippen molar-refractivity contribution in [2.45, 2.75) is 32.2 Å². The molecular formula is C18H25FN2O. The molecule has 3 nitrogen and oxygen atoms in total. The molecule has 1 aliphatic heterocycles. The fraction of sp³-hybridized carbons (Fsp3) is 0.611. The number of carbonyl (C=O) groups excluding carboxylic acids is 1. The first kappa shape index (κ1) is 15.5. The zero-order chi connectivity index (χ0) is 15.9. The monoisotopic (exact) mass is 304 g/mol. The molecule has 22 heavy (non-hydrogen) atoms. The molecule has 0 radical (unpaired) electrons. The van der Waals surface area contributed by atoms with Crippen LogP contribution in [-0.2, 0) is 11.2 Å². The van der Waals surface area contributed by atoms with Gasteiger partial charge in [0.05, 0.1) is 6.42 Å². The van der Waals surface area contributed by atoms with E-state index < -0.39 is 0 Å². The molecule has 1 amide bonds. The predicted molar refractivity (Wildman–Crippen MR) is 85.1 cm³/mol. The second-order valence-electron chi connectivity index (χ2n) is 7.10. The number of hydrogen-bond acceptors (Lipinski definition) is 2. The van der Waals surface area contributed by atoms with Crippen molar-refractivity contribution in [3.63, 3.8) is 0 Å². The van der Waals surface area contributed by atoms with Crippen LogP contribution in [0.15, 0.2) is 18.2 Å². The summed E-state index contributed by atoms with van der Waals surface area (Å²) in [6, 6.07) is 5.31. The molecule has 1 saturated carbocycles. The molecule has 2 fully saturated rings. The second kappa shape index (κ2) is 5.99. The molecule has 4 heteroatoms. The van der Waals surface area contributed by atoms with Gasteiger partial charge in [-0.25, -0.2) is 4.39 Å². The number of carbonyl (C=O) groups is 1. The highest BCUT2D eigenvalue weighted by Gasteiger charge is 2.44. The van der Waals surface area contributed by atoms with Gasteiger partial charge in [-0.2, -0.15) is 0 Å². The molecule has 0 aromatic heterocycles. The third kappa shape index (κ3) is 2.89. The SMILES string of the molecule is Cc1cc(F)ccc1CC(=O)N1C[C@H]2CC[C@@H](C1)C2N(C)C. The van der Waals surface area contributed by atoms with Gasteiger partial charge in [-0.3, -0.25) is 4.79 Å². The summed E-state index contributed by atoms with van der Waals surface area (Å²) in [5.41, 5.74) is 1.80. The standard InChI is InChI=1S/C18H25FN2O/c1-12-8-16(19)7-6-13(12)9-17(22)21-10-14-4-5-15(11-21)18(14)20(2)3/h6-8,14-15,18H,4-5,9-11H2,1-3H3/t14-,15+,18?. The zero-order valence-corrected chi connectivity index (χ0v) is 13.7. The van der Waals surface area contributed by atoms with E-state index in [1.807, 2.05) is 11.8 Å². The first-order valence-electron chi connectivity index (χ1n) is 8.15. The minimum absolute atomic E-state index is 0.184. The fourth-order valence-electron chi connectivity index (χ4n) is 4.37. The molecule has 0 spiro atoms. The average molecular weight is 304 g/mol. The van der Waals surface area contributed by atoms with Crippen LogP contribution in [0, 0.1) is 24.6 Å². The minimum Gasteiger partial charge on any atom is -0.342 e. The molecule has 1 heterocycles. The Balaban J connectivity index is 1.67. The van der Waals surface area contributed by atoms with Crippen LogP contribution in [-0.4, -0.2) is 48.9 Å². The van der Waals surface area contributed by atoms with Crippen molar-refractivity contribution < 1.29 is 9.18 Å². The van der Waals surface area contributed by atoms with Crippen molar-refractivity contribution in [3.8, 4) is 0 Å². The average Bonchev–Trinajstić information content (AvgIpc) is 2.73. The van der Waals surface area contributed by atoms with Gasteiger partial charge < -0.3 is 9.80 Å². The van der Waals surface area contributed by atoms with E-state index in [1.54, 1.807) is 6.07 Å². The number of aryl methyl sites for hydroxylation is 1. The Labute approximate surface area is 132 Å². The van der Waals surface area contributed by atoms with Gasteiger partial charge in [0, 0.05) is 19.1 Å². The van der Waals surface area contributed by atoms with E-state index >= 15 is 0 Å². The van der Waals surface area contributed by atoms with E-state index in [9.17, 15) is 9.18 Å². The van der Waals surface area contributed by atoms with Crippen LogP contribution in [0.25, 0.3) is 0 Å². The van der Waals surface area contributed by atoms with Gasteiger partial charge in [0.25, 0.3) is 0 Å². The summed E-state index contributed by atoms with van der Waals surface area (Å²) in [5, 5.41) is 0. The van der Waals surface area contributed by atoms with Crippen molar-refractivity contribution in [1.82, 2.24) is 9.80 Å². The largest absolute Gasteiger partial charge is 0.342 e. The van der Waals surface area contributed by atoms with E-state index in [0.29, 0.717) is 24.3 Å². The molecular weight excluding hydrogens is 279 g/mol. The van der Waals surface area contributed by atoms with Crippen LogP contribution in [0.2, 0.25) is 0 Å². The molecule has 1 aromatic rings. The van der Waals surface area contributed by atoms with E-state index in [0.717, 1.165) is 24.2 Å². The smallest absolute Gasteiger partial charge is 0.227 e. The number of fused-ring (bicyclic) bond motifs is 2. The number of benzene rings is 1. The zero-order valence-electron chi connectivity index (χ0n) is 13.7. The lowest BCUT2D eigenvalue weighted by molar-refractivity contribution is -0.133. The number of likely N-dealkylation sites (tertiary alicyclic amines) is 1. The van der Waals surface area contributed by atoms with Gasteiger partial charge in [0.2, 0.25) is 5.91 Å². The maximum atomic E-state index is 13.2. The van der Waals surface area contributed by atoms with Crippen molar-refractivity contribution >= 4 is 5.91 Å². The molecule has 0 N–H and O–H groups in total. The number of nitrogens with zero attached hydrogens (tertiary/aromatic N) is 2. The van der Waals surface area contributed by atoms with Crippen LogP contribution in [0.5, 0.6) is 0 Å². The molecule has 1 saturated heterocycles. The first-order chi connectivity index (χ1) is 10.5. The molecule has 3 rings (SSSR count). The molecule has 2 bridgehead atoms. The number of piperidine rings is 1. The van der Waals surface area contributed by atoms with E-state index in [-0.39, 0.29) is 11.7 Å².